The SMILES string of the molecule is CC(C)CNC(=NCC(=O)N(C)C)NCC1CC1.I. The molecule has 19 heavy (non-hydrogen) atoms. The molecule has 5 nitrogen and oxygen atoms in total. The molecule has 0 aliphatic heterocycles. The summed E-state index contributed by atoms with van der Waals surface area (Å²) in [6.07, 6.45) is 2.61. The number of halogens is 1. The molecule has 1 amide bonds. The first-order valence-corrected chi connectivity index (χ1v) is 6.71. The topological polar surface area (TPSA) is 56.7 Å². The van der Waals surface area contributed by atoms with Gasteiger partial charge in [-0.25, -0.2) is 4.99 Å². The number of hydrogen-bond acceptors (Lipinski definition) is 2. The fourth-order valence-corrected chi connectivity index (χ4v) is 1.33. The summed E-state index contributed by atoms with van der Waals surface area (Å²) in [6, 6.07) is 0. The highest BCUT2D eigenvalue weighted by atomic mass is 127. The zero-order chi connectivity index (χ0) is 13.5. The second kappa shape index (κ2) is 9.39. The Morgan fingerprint density at radius 2 is 1.95 bits per heavy atom. The maximum atomic E-state index is 11.5. The van der Waals surface area contributed by atoms with Crippen LogP contribution < -0.4 is 10.6 Å². The molecule has 1 aliphatic carbocycles. The summed E-state index contributed by atoms with van der Waals surface area (Å²) in [4.78, 5) is 17.4. The third-order valence-electron chi connectivity index (χ3n) is 2.80. The van der Waals surface area contributed by atoms with E-state index >= 15 is 0 Å². The minimum absolute atomic E-state index is 0. The predicted octanol–water partition coefficient (Wildman–Crippen LogP) is 1.29. The molecule has 0 unspecified atom stereocenters. The van der Waals surface area contributed by atoms with Crippen LogP contribution in [0.4, 0.5) is 0 Å². The Hall–Kier alpha value is -0.530. The Morgan fingerprint density at radius 3 is 2.42 bits per heavy atom. The average Bonchev–Trinajstić information content (AvgIpc) is 3.11. The minimum Gasteiger partial charge on any atom is -0.356 e. The highest BCUT2D eigenvalue weighted by Gasteiger charge is 2.21. The molecule has 0 saturated heterocycles. The number of carbonyl (C=O) groups excluding carboxylic acids is 1. The lowest BCUT2D eigenvalue weighted by Crippen LogP contribution is -2.41. The summed E-state index contributed by atoms with van der Waals surface area (Å²) in [7, 11) is 3.49. The molecule has 1 aliphatic rings. The van der Waals surface area contributed by atoms with Gasteiger partial charge in [-0.1, -0.05) is 13.8 Å². The predicted molar refractivity (Wildman–Crippen MR) is 90.0 cm³/mol. The minimum atomic E-state index is 0. The first-order valence-electron chi connectivity index (χ1n) is 6.71. The van der Waals surface area contributed by atoms with Crippen molar-refractivity contribution in [1.29, 1.82) is 0 Å². The molecule has 0 spiro atoms. The van der Waals surface area contributed by atoms with Gasteiger partial charge in [-0.2, -0.15) is 0 Å². The van der Waals surface area contributed by atoms with Crippen molar-refractivity contribution < 1.29 is 4.79 Å². The number of aliphatic imine (C=N–C) groups is 1. The van der Waals surface area contributed by atoms with E-state index in [9.17, 15) is 4.79 Å². The van der Waals surface area contributed by atoms with E-state index in [2.05, 4.69) is 29.5 Å². The van der Waals surface area contributed by atoms with Crippen molar-refractivity contribution in [2.24, 2.45) is 16.8 Å². The lowest BCUT2D eigenvalue weighted by Gasteiger charge is -2.14. The standard InChI is InChI=1S/C13H26N4O.HI/c1-10(2)7-14-13(15-8-11-5-6-11)16-9-12(18)17(3)4;/h10-11H,5-9H2,1-4H3,(H2,14,15,16);1H. The second-order valence-corrected chi connectivity index (χ2v) is 5.55. The van der Waals surface area contributed by atoms with Crippen LogP contribution in [0.5, 0.6) is 0 Å². The average molecular weight is 382 g/mol. The fraction of sp³-hybridized carbons (Fsp3) is 0.846. The molecule has 1 fully saturated rings. The van der Waals surface area contributed by atoms with Crippen LogP contribution in [-0.2, 0) is 4.79 Å². The lowest BCUT2D eigenvalue weighted by molar-refractivity contribution is -0.127. The van der Waals surface area contributed by atoms with Crippen LogP contribution in [0.25, 0.3) is 0 Å². The normalized spacial score (nSPS) is 14.9. The number of rotatable bonds is 6. The van der Waals surface area contributed by atoms with E-state index in [1.807, 2.05) is 0 Å². The Morgan fingerprint density at radius 1 is 1.32 bits per heavy atom. The number of likely N-dealkylation sites (N-methyl/N-ethyl adjacent to an activating group) is 1. The van der Waals surface area contributed by atoms with Crippen molar-refractivity contribution in [1.82, 2.24) is 15.5 Å². The van der Waals surface area contributed by atoms with Crippen LogP contribution in [0.15, 0.2) is 4.99 Å². The molecule has 0 heterocycles. The molecule has 0 aromatic rings. The van der Waals surface area contributed by atoms with Crippen molar-refractivity contribution in [3.8, 4) is 0 Å². The molecular formula is C13H27IN4O. The van der Waals surface area contributed by atoms with Gasteiger partial charge in [0.05, 0.1) is 0 Å². The van der Waals surface area contributed by atoms with Gasteiger partial charge in [-0.05, 0) is 24.7 Å². The quantitative estimate of drug-likeness (QED) is 0.414. The Labute approximate surface area is 133 Å². The largest absolute Gasteiger partial charge is 0.356 e. The van der Waals surface area contributed by atoms with E-state index in [4.69, 9.17) is 0 Å². The van der Waals surface area contributed by atoms with Gasteiger partial charge < -0.3 is 15.5 Å². The number of hydrogen-bond donors (Lipinski definition) is 2. The van der Waals surface area contributed by atoms with E-state index in [1.165, 1.54) is 12.8 Å². The molecule has 6 heteroatoms. The molecule has 1 saturated carbocycles. The molecular weight excluding hydrogens is 355 g/mol. The number of carbonyl (C=O) groups is 1. The molecule has 112 valence electrons. The third kappa shape index (κ3) is 9.07. The van der Waals surface area contributed by atoms with Crippen LogP contribution in [0.1, 0.15) is 26.7 Å². The molecule has 0 bridgehead atoms. The summed E-state index contributed by atoms with van der Waals surface area (Å²) < 4.78 is 0. The van der Waals surface area contributed by atoms with E-state index in [0.29, 0.717) is 5.92 Å². The van der Waals surface area contributed by atoms with Gasteiger partial charge in [0, 0.05) is 27.2 Å². The van der Waals surface area contributed by atoms with Crippen molar-refractivity contribution in [3.63, 3.8) is 0 Å². The first-order chi connectivity index (χ1) is 8.49. The van der Waals surface area contributed by atoms with E-state index in [0.717, 1.165) is 25.0 Å². The van der Waals surface area contributed by atoms with Crippen LogP contribution >= 0.6 is 24.0 Å². The molecule has 0 aromatic carbocycles. The number of nitrogens with zero attached hydrogens (tertiary/aromatic N) is 2. The summed E-state index contributed by atoms with van der Waals surface area (Å²) in [5, 5.41) is 6.56. The number of guanidine groups is 1. The Balaban J connectivity index is 0.00000324. The van der Waals surface area contributed by atoms with Crippen LogP contribution in [0.3, 0.4) is 0 Å². The van der Waals surface area contributed by atoms with Crippen LogP contribution in [0.2, 0.25) is 0 Å². The van der Waals surface area contributed by atoms with Crippen LogP contribution in [0, 0.1) is 11.8 Å². The van der Waals surface area contributed by atoms with Gasteiger partial charge in [0.25, 0.3) is 0 Å². The summed E-state index contributed by atoms with van der Waals surface area (Å²) in [6.45, 7) is 6.32. The highest BCUT2D eigenvalue weighted by Crippen LogP contribution is 2.27. The van der Waals surface area contributed by atoms with Gasteiger partial charge in [0.15, 0.2) is 5.96 Å². The third-order valence-corrected chi connectivity index (χ3v) is 2.80. The van der Waals surface area contributed by atoms with Crippen molar-refractivity contribution in [2.75, 3.05) is 33.7 Å². The number of nitrogens with one attached hydrogen (secondary N) is 2. The summed E-state index contributed by atoms with van der Waals surface area (Å²) in [5.41, 5.74) is 0. The number of amides is 1. The molecule has 0 radical (unpaired) electrons. The summed E-state index contributed by atoms with van der Waals surface area (Å²) in [5.74, 6) is 2.13. The van der Waals surface area contributed by atoms with Gasteiger partial charge in [0.1, 0.15) is 6.54 Å². The van der Waals surface area contributed by atoms with Crippen molar-refractivity contribution in [2.45, 2.75) is 26.7 Å². The molecule has 0 aromatic heterocycles. The molecule has 0 atom stereocenters. The smallest absolute Gasteiger partial charge is 0.243 e. The van der Waals surface area contributed by atoms with Crippen LogP contribution in [-0.4, -0.2) is 50.5 Å². The van der Waals surface area contributed by atoms with Crippen molar-refractivity contribution >= 4 is 35.8 Å². The monoisotopic (exact) mass is 382 g/mol. The maximum absolute atomic E-state index is 11.5. The van der Waals surface area contributed by atoms with E-state index in [-0.39, 0.29) is 36.4 Å². The van der Waals surface area contributed by atoms with Gasteiger partial charge >= 0.3 is 0 Å². The lowest BCUT2D eigenvalue weighted by atomic mass is 10.2. The zero-order valence-corrected chi connectivity index (χ0v) is 14.7. The Kier molecular flexibility index (Phi) is 9.12. The van der Waals surface area contributed by atoms with Gasteiger partial charge in [-0.15, -0.1) is 24.0 Å². The highest BCUT2D eigenvalue weighted by molar-refractivity contribution is 14.0. The maximum Gasteiger partial charge on any atom is 0.243 e. The van der Waals surface area contributed by atoms with Gasteiger partial charge in [-0.3, -0.25) is 4.79 Å². The Bertz CT molecular complexity index is 293. The fourth-order valence-electron chi connectivity index (χ4n) is 1.33. The van der Waals surface area contributed by atoms with Crippen molar-refractivity contribution in [3.05, 3.63) is 0 Å². The molecule has 2 N–H and O–H groups in total. The molecule has 1 rings (SSSR count). The van der Waals surface area contributed by atoms with E-state index < -0.39 is 0 Å². The second-order valence-electron chi connectivity index (χ2n) is 5.55. The van der Waals surface area contributed by atoms with E-state index in [1.54, 1.807) is 19.0 Å². The summed E-state index contributed by atoms with van der Waals surface area (Å²) >= 11 is 0. The van der Waals surface area contributed by atoms with Gasteiger partial charge in [0.2, 0.25) is 5.91 Å². The zero-order valence-electron chi connectivity index (χ0n) is 12.4. The first kappa shape index (κ1) is 18.5.